The van der Waals surface area contributed by atoms with Crippen molar-refractivity contribution < 1.29 is 0 Å². The molecule has 0 unspecified atom stereocenters. The molecule has 0 bridgehead atoms. The molecule has 0 amide bonds. The van der Waals surface area contributed by atoms with Crippen LogP contribution >= 0.6 is 0 Å². The molecule has 0 aliphatic carbocycles. The van der Waals surface area contributed by atoms with E-state index in [-0.39, 0.29) is 0 Å². The summed E-state index contributed by atoms with van der Waals surface area (Å²) < 4.78 is 2.39. The van der Waals surface area contributed by atoms with Crippen LogP contribution in [0.1, 0.15) is 0 Å². The van der Waals surface area contributed by atoms with Crippen LogP contribution in [0.4, 0.5) is 17.1 Å². The van der Waals surface area contributed by atoms with Crippen LogP contribution in [0.3, 0.4) is 0 Å². The normalized spacial score (nSPS) is 11.3. The van der Waals surface area contributed by atoms with Crippen molar-refractivity contribution in [3.8, 4) is 50.2 Å². The molecule has 0 saturated heterocycles. The number of aromatic nitrogens is 1. The van der Waals surface area contributed by atoms with Crippen molar-refractivity contribution >= 4 is 49.6 Å². The Hall–Kier alpha value is -7.94. The van der Waals surface area contributed by atoms with Crippen LogP contribution in [-0.4, -0.2) is 4.57 Å². The molecule has 0 aliphatic heterocycles. The number of rotatable bonds is 8. The van der Waals surface area contributed by atoms with Crippen molar-refractivity contribution in [1.82, 2.24) is 4.57 Å². The summed E-state index contributed by atoms with van der Waals surface area (Å²) in [5.74, 6) is 0. The monoisotopic (exact) mass is 764 g/mol. The maximum Gasteiger partial charge on any atom is 0.0547 e. The number of hydrogen-bond donors (Lipinski definition) is 0. The van der Waals surface area contributed by atoms with Crippen molar-refractivity contribution in [3.63, 3.8) is 0 Å². The lowest BCUT2D eigenvalue weighted by molar-refractivity contribution is 1.18. The third-order valence-electron chi connectivity index (χ3n) is 11.8. The third-order valence-corrected chi connectivity index (χ3v) is 11.8. The van der Waals surface area contributed by atoms with E-state index in [1.807, 2.05) is 0 Å². The second-order valence-corrected chi connectivity index (χ2v) is 15.3. The van der Waals surface area contributed by atoms with Gasteiger partial charge >= 0.3 is 0 Å². The molecule has 1 heterocycles. The first-order valence-electron chi connectivity index (χ1n) is 20.6. The summed E-state index contributed by atoms with van der Waals surface area (Å²) in [7, 11) is 0. The SMILES string of the molecule is c1ccc(N(c2ccc(-c3ccc(-c4cccc5ccccc45)cc3)cc2)c2ccccc2-c2ccccc2-c2cccc3c2c2ccccc2n3-c2ccccc2)cc1. The number of nitrogens with zero attached hydrogens (tertiary/aromatic N) is 2. The van der Waals surface area contributed by atoms with E-state index in [2.05, 4.69) is 252 Å². The summed E-state index contributed by atoms with van der Waals surface area (Å²) in [6.45, 7) is 0. The third kappa shape index (κ3) is 6.14. The van der Waals surface area contributed by atoms with Gasteiger partial charge < -0.3 is 9.47 Å². The molecular weight excluding hydrogens is 725 g/mol. The fraction of sp³-hybridized carbons (Fsp3) is 0. The van der Waals surface area contributed by atoms with Gasteiger partial charge in [-0.05, 0) is 104 Å². The van der Waals surface area contributed by atoms with Gasteiger partial charge in [-0.25, -0.2) is 0 Å². The van der Waals surface area contributed by atoms with Crippen molar-refractivity contribution in [2.24, 2.45) is 0 Å². The van der Waals surface area contributed by atoms with Crippen LogP contribution in [0.2, 0.25) is 0 Å². The number of fused-ring (bicyclic) bond motifs is 4. The van der Waals surface area contributed by atoms with Crippen molar-refractivity contribution in [3.05, 3.63) is 243 Å². The zero-order valence-corrected chi connectivity index (χ0v) is 33.0. The molecule has 0 spiro atoms. The summed E-state index contributed by atoms with van der Waals surface area (Å²) in [6.07, 6.45) is 0. The summed E-state index contributed by atoms with van der Waals surface area (Å²) >= 11 is 0. The lowest BCUT2D eigenvalue weighted by Gasteiger charge is -2.28. The lowest BCUT2D eigenvalue weighted by Crippen LogP contribution is -2.11. The Kier molecular flexibility index (Phi) is 8.87. The van der Waals surface area contributed by atoms with Gasteiger partial charge in [0.1, 0.15) is 0 Å². The highest BCUT2D eigenvalue weighted by Gasteiger charge is 2.21. The Balaban J connectivity index is 1.01. The molecule has 11 rings (SSSR count). The average Bonchev–Trinajstić information content (AvgIpc) is 3.67. The molecule has 282 valence electrons. The Morgan fingerprint density at radius 2 is 0.767 bits per heavy atom. The minimum absolute atomic E-state index is 1.09. The molecule has 0 aliphatic rings. The quantitative estimate of drug-likeness (QED) is 0.150. The molecule has 2 nitrogen and oxygen atoms in total. The van der Waals surface area contributed by atoms with Crippen molar-refractivity contribution in [2.45, 2.75) is 0 Å². The second kappa shape index (κ2) is 15.1. The highest BCUT2D eigenvalue weighted by molar-refractivity contribution is 6.17. The molecule has 1 aromatic heterocycles. The summed E-state index contributed by atoms with van der Waals surface area (Å²) in [6, 6.07) is 87.8. The Labute approximate surface area is 350 Å². The predicted molar refractivity (Wildman–Crippen MR) is 255 cm³/mol. The first-order valence-corrected chi connectivity index (χ1v) is 20.6. The Morgan fingerprint density at radius 3 is 1.53 bits per heavy atom. The van der Waals surface area contributed by atoms with Crippen LogP contribution in [0.15, 0.2) is 243 Å². The zero-order chi connectivity index (χ0) is 39.8. The minimum Gasteiger partial charge on any atom is -0.310 e. The molecule has 0 radical (unpaired) electrons. The number of benzene rings is 10. The predicted octanol–water partition coefficient (Wildman–Crippen LogP) is 16.1. The lowest BCUT2D eigenvalue weighted by atomic mass is 9.90. The van der Waals surface area contributed by atoms with E-state index < -0.39 is 0 Å². The summed E-state index contributed by atoms with van der Waals surface area (Å²) in [5.41, 5.74) is 16.4. The fourth-order valence-electron chi connectivity index (χ4n) is 9.07. The van der Waals surface area contributed by atoms with Gasteiger partial charge in [0.25, 0.3) is 0 Å². The molecule has 10 aromatic carbocycles. The molecule has 0 saturated carbocycles. The highest BCUT2D eigenvalue weighted by Crippen LogP contribution is 2.46. The van der Waals surface area contributed by atoms with Gasteiger partial charge in [0.05, 0.1) is 16.7 Å². The largest absolute Gasteiger partial charge is 0.310 e. The zero-order valence-electron chi connectivity index (χ0n) is 33.0. The summed E-state index contributed by atoms with van der Waals surface area (Å²) in [4.78, 5) is 2.39. The summed E-state index contributed by atoms with van der Waals surface area (Å²) in [5, 5.41) is 5.02. The number of hydrogen-bond acceptors (Lipinski definition) is 1. The van der Waals surface area contributed by atoms with E-state index in [1.54, 1.807) is 0 Å². The molecular formula is C58H40N2. The average molecular weight is 765 g/mol. The first-order chi connectivity index (χ1) is 29.8. The Bertz CT molecular complexity index is 3280. The number of para-hydroxylation sites is 4. The van der Waals surface area contributed by atoms with E-state index in [4.69, 9.17) is 0 Å². The van der Waals surface area contributed by atoms with E-state index in [9.17, 15) is 0 Å². The van der Waals surface area contributed by atoms with Crippen LogP contribution < -0.4 is 4.90 Å². The van der Waals surface area contributed by atoms with Gasteiger partial charge in [-0.15, -0.1) is 0 Å². The van der Waals surface area contributed by atoms with Crippen LogP contribution in [0.5, 0.6) is 0 Å². The highest BCUT2D eigenvalue weighted by atomic mass is 15.1. The van der Waals surface area contributed by atoms with Gasteiger partial charge in [-0.3, -0.25) is 0 Å². The standard InChI is InChI=1S/C58H40N2/c1-3-19-45(20-4-1)59(47-39-37-42(38-40-47)41-33-35-44(36-34-41)49-28-15-18-43-17-7-8-23-48(43)49)55-30-13-11-26-52(55)50-24-9-10-25-51(50)53-29-16-32-57-58(53)54-27-12-14-31-56(54)60(57)46-21-5-2-6-22-46/h1-40H. The molecule has 60 heavy (non-hydrogen) atoms. The van der Waals surface area contributed by atoms with Gasteiger partial charge in [0, 0.05) is 33.4 Å². The molecule has 0 fully saturated rings. The second-order valence-electron chi connectivity index (χ2n) is 15.3. The van der Waals surface area contributed by atoms with Crippen LogP contribution in [0.25, 0.3) is 82.8 Å². The molecule has 2 heteroatoms. The van der Waals surface area contributed by atoms with Crippen molar-refractivity contribution in [1.29, 1.82) is 0 Å². The first kappa shape index (κ1) is 35.2. The topological polar surface area (TPSA) is 8.17 Å². The van der Waals surface area contributed by atoms with Gasteiger partial charge in [-0.1, -0.05) is 188 Å². The van der Waals surface area contributed by atoms with Crippen LogP contribution in [-0.2, 0) is 0 Å². The molecule has 11 aromatic rings. The molecule has 0 N–H and O–H groups in total. The van der Waals surface area contributed by atoms with E-state index in [0.717, 1.165) is 28.3 Å². The van der Waals surface area contributed by atoms with Crippen molar-refractivity contribution in [2.75, 3.05) is 4.90 Å². The van der Waals surface area contributed by atoms with Gasteiger partial charge in [0.15, 0.2) is 0 Å². The van der Waals surface area contributed by atoms with E-state index in [1.165, 1.54) is 71.5 Å². The maximum absolute atomic E-state index is 2.39. The van der Waals surface area contributed by atoms with Crippen LogP contribution in [0, 0.1) is 0 Å². The fourth-order valence-corrected chi connectivity index (χ4v) is 9.07. The maximum atomic E-state index is 2.39. The number of anilines is 3. The molecule has 0 atom stereocenters. The van der Waals surface area contributed by atoms with Gasteiger partial charge in [0.2, 0.25) is 0 Å². The van der Waals surface area contributed by atoms with Gasteiger partial charge in [-0.2, -0.15) is 0 Å². The Morgan fingerprint density at radius 1 is 0.283 bits per heavy atom. The minimum atomic E-state index is 1.09. The smallest absolute Gasteiger partial charge is 0.0547 e. The van der Waals surface area contributed by atoms with E-state index in [0.29, 0.717) is 0 Å². The van der Waals surface area contributed by atoms with E-state index >= 15 is 0 Å².